The van der Waals surface area contributed by atoms with Crippen LogP contribution in [0.1, 0.15) is 12.8 Å². The molecule has 0 radical (unpaired) electrons. The molecule has 0 rings (SSSR count). The van der Waals surface area contributed by atoms with E-state index in [1.807, 2.05) is 0 Å². The number of rotatable bonds is 5. The van der Waals surface area contributed by atoms with E-state index >= 15 is 0 Å². The lowest BCUT2D eigenvalue weighted by Gasteiger charge is -2.06. The number of aliphatic carboxylic acids is 2. The Kier molecular flexibility index (Phi) is 4.80. The maximum Gasteiger partial charge on any atom is 0.321 e. The monoisotopic (exact) mass is 225 g/mol. The standard InChI is InChI=1S/C5H8BrNO4/c6-7-3(5(10)11)1-2-4(8)9/h3,7H,1-2H2,(H,8,9)(H,10,11)/t3-/m0/s1. The van der Waals surface area contributed by atoms with Crippen LogP contribution in [0.25, 0.3) is 0 Å². The third kappa shape index (κ3) is 4.74. The summed E-state index contributed by atoms with van der Waals surface area (Å²) in [6.45, 7) is 0. The van der Waals surface area contributed by atoms with Crippen LogP contribution in [0.15, 0.2) is 0 Å². The van der Waals surface area contributed by atoms with Crippen LogP contribution in [0.3, 0.4) is 0 Å². The molecule has 0 aliphatic rings. The first kappa shape index (κ1) is 10.4. The predicted octanol–water partition coefficient (Wildman–Crippen LogP) is 0.204. The van der Waals surface area contributed by atoms with Crippen LogP contribution in [0.4, 0.5) is 0 Å². The fourth-order valence-corrected chi connectivity index (χ4v) is 0.917. The molecule has 0 saturated carbocycles. The molecular weight excluding hydrogens is 218 g/mol. The van der Waals surface area contributed by atoms with Gasteiger partial charge in [-0.05, 0) is 6.42 Å². The van der Waals surface area contributed by atoms with E-state index in [9.17, 15) is 9.59 Å². The van der Waals surface area contributed by atoms with Crippen LogP contribution in [0, 0.1) is 0 Å². The molecule has 0 aliphatic carbocycles. The van der Waals surface area contributed by atoms with Gasteiger partial charge >= 0.3 is 11.9 Å². The molecule has 3 N–H and O–H groups in total. The average molecular weight is 226 g/mol. The molecule has 0 aliphatic heterocycles. The first-order valence-electron chi connectivity index (χ1n) is 2.88. The lowest BCUT2D eigenvalue weighted by Crippen LogP contribution is -2.30. The fourth-order valence-electron chi connectivity index (χ4n) is 0.493. The fraction of sp³-hybridized carbons (Fsp3) is 0.600. The third-order valence-electron chi connectivity index (χ3n) is 1.08. The Bertz CT molecular complexity index is 161. The van der Waals surface area contributed by atoms with Gasteiger partial charge in [-0.1, -0.05) is 0 Å². The minimum absolute atomic E-state index is 0.0654. The Morgan fingerprint density at radius 1 is 1.45 bits per heavy atom. The van der Waals surface area contributed by atoms with E-state index < -0.39 is 18.0 Å². The number of carboxylic acids is 2. The molecule has 6 heteroatoms. The minimum atomic E-state index is -1.07. The van der Waals surface area contributed by atoms with Gasteiger partial charge in [-0.25, -0.2) is 4.34 Å². The van der Waals surface area contributed by atoms with Gasteiger partial charge in [0.1, 0.15) is 6.04 Å². The normalized spacial score (nSPS) is 12.5. The Labute approximate surface area is 71.7 Å². The van der Waals surface area contributed by atoms with E-state index in [0.717, 1.165) is 0 Å². The zero-order valence-electron chi connectivity index (χ0n) is 5.58. The van der Waals surface area contributed by atoms with Gasteiger partial charge in [-0.15, -0.1) is 0 Å². The molecule has 64 valence electrons. The van der Waals surface area contributed by atoms with Crippen molar-refractivity contribution >= 4 is 28.1 Å². The van der Waals surface area contributed by atoms with Crippen LogP contribution < -0.4 is 4.34 Å². The van der Waals surface area contributed by atoms with E-state index in [1.54, 1.807) is 0 Å². The number of carbonyl (C=O) groups is 2. The van der Waals surface area contributed by atoms with Crippen molar-refractivity contribution in [1.29, 1.82) is 0 Å². The summed E-state index contributed by atoms with van der Waals surface area (Å²) in [7, 11) is 0. The van der Waals surface area contributed by atoms with Crippen LogP contribution in [-0.4, -0.2) is 28.2 Å². The van der Waals surface area contributed by atoms with E-state index in [2.05, 4.69) is 20.5 Å². The van der Waals surface area contributed by atoms with E-state index in [-0.39, 0.29) is 12.8 Å². The molecule has 11 heavy (non-hydrogen) atoms. The Hall–Kier alpha value is -0.620. The maximum absolute atomic E-state index is 10.3. The molecule has 0 fully saturated rings. The molecule has 0 bridgehead atoms. The highest BCUT2D eigenvalue weighted by atomic mass is 79.9. The lowest BCUT2D eigenvalue weighted by molar-refractivity contribution is -0.140. The minimum Gasteiger partial charge on any atom is -0.481 e. The van der Waals surface area contributed by atoms with Crippen molar-refractivity contribution in [2.45, 2.75) is 18.9 Å². The molecule has 0 unspecified atom stereocenters. The quantitative estimate of drug-likeness (QED) is 0.583. The summed E-state index contributed by atoms with van der Waals surface area (Å²) in [6, 6.07) is -0.842. The Morgan fingerprint density at radius 3 is 2.27 bits per heavy atom. The summed E-state index contributed by atoms with van der Waals surface area (Å²) in [4.78, 5) is 20.3. The zero-order chi connectivity index (χ0) is 8.85. The third-order valence-corrected chi connectivity index (χ3v) is 1.63. The molecule has 5 nitrogen and oxygen atoms in total. The number of hydrogen-bond donors (Lipinski definition) is 3. The molecule has 0 aromatic rings. The second-order valence-electron chi connectivity index (χ2n) is 1.93. The van der Waals surface area contributed by atoms with Crippen molar-refractivity contribution in [2.24, 2.45) is 0 Å². The predicted molar refractivity (Wildman–Crippen MR) is 40.4 cm³/mol. The van der Waals surface area contributed by atoms with Crippen molar-refractivity contribution in [3.63, 3.8) is 0 Å². The molecule has 0 saturated heterocycles. The first-order valence-corrected chi connectivity index (χ1v) is 3.68. The zero-order valence-corrected chi connectivity index (χ0v) is 7.17. The van der Waals surface area contributed by atoms with Crippen LogP contribution in [0.5, 0.6) is 0 Å². The highest BCUT2D eigenvalue weighted by Gasteiger charge is 2.16. The highest BCUT2D eigenvalue weighted by Crippen LogP contribution is 1.98. The van der Waals surface area contributed by atoms with E-state index in [0.29, 0.717) is 0 Å². The van der Waals surface area contributed by atoms with Gasteiger partial charge < -0.3 is 10.2 Å². The van der Waals surface area contributed by atoms with Gasteiger partial charge in [0.15, 0.2) is 0 Å². The van der Waals surface area contributed by atoms with Crippen molar-refractivity contribution in [3.8, 4) is 0 Å². The molecule has 0 spiro atoms. The average Bonchev–Trinajstić information content (AvgIpc) is 1.87. The largest absolute Gasteiger partial charge is 0.481 e. The van der Waals surface area contributed by atoms with Crippen molar-refractivity contribution < 1.29 is 19.8 Å². The smallest absolute Gasteiger partial charge is 0.321 e. The molecule has 0 heterocycles. The van der Waals surface area contributed by atoms with Gasteiger partial charge in [0.25, 0.3) is 0 Å². The SMILES string of the molecule is O=C(O)CC[C@H](NBr)C(=O)O. The van der Waals surface area contributed by atoms with E-state index in [4.69, 9.17) is 10.2 Å². The molecular formula is C5H8BrNO4. The van der Waals surface area contributed by atoms with Gasteiger partial charge in [0.05, 0.1) is 0 Å². The van der Waals surface area contributed by atoms with Crippen molar-refractivity contribution in [2.75, 3.05) is 0 Å². The number of halogens is 1. The molecule has 0 amide bonds. The van der Waals surface area contributed by atoms with Gasteiger partial charge in [0.2, 0.25) is 0 Å². The van der Waals surface area contributed by atoms with Crippen molar-refractivity contribution in [3.05, 3.63) is 0 Å². The second-order valence-corrected chi connectivity index (χ2v) is 2.39. The summed E-state index contributed by atoms with van der Waals surface area (Å²) < 4.78 is 2.31. The lowest BCUT2D eigenvalue weighted by atomic mass is 10.2. The molecule has 1 atom stereocenters. The number of nitrogens with one attached hydrogen (secondary N) is 1. The van der Waals surface area contributed by atoms with Crippen LogP contribution in [0.2, 0.25) is 0 Å². The topological polar surface area (TPSA) is 86.6 Å². The van der Waals surface area contributed by atoms with Gasteiger partial charge in [-0.2, -0.15) is 0 Å². The highest BCUT2D eigenvalue weighted by molar-refractivity contribution is 9.08. The number of hydrogen-bond acceptors (Lipinski definition) is 3. The number of carboxylic acid groups (broad SMARTS) is 2. The van der Waals surface area contributed by atoms with Gasteiger partial charge in [-0.3, -0.25) is 9.59 Å². The van der Waals surface area contributed by atoms with Crippen molar-refractivity contribution in [1.82, 2.24) is 4.34 Å². The van der Waals surface area contributed by atoms with Crippen LogP contribution >= 0.6 is 16.1 Å². The Balaban J connectivity index is 3.70. The van der Waals surface area contributed by atoms with Crippen LogP contribution in [-0.2, 0) is 9.59 Å². The summed E-state index contributed by atoms with van der Waals surface area (Å²) in [6.07, 6.45) is -0.0918. The Morgan fingerprint density at radius 2 is 2.00 bits per heavy atom. The van der Waals surface area contributed by atoms with Gasteiger partial charge in [0, 0.05) is 22.6 Å². The molecule has 0 aromatic carbocycles. The first-order chi connectivity index (χ1) is 5.07. The second kappa shape index (κ2) is 5.09. The summed E-state index contributed by atoms with van der Waals surface area (Å²) in [5, 5.41) is 16.6. The summed E-state index contributed by atoms with van der Waals surface area (Å²) in [5.41, 5.74) is 0. The summed E-state index contributed by atoms with van der Waals surface area (Å²) in [5.74, 6) is -2.07. The summed E-state index contributed by atoms with van der Waals surface area (Å²) >= 11 is 2.74. The maximum atomic E-state index is 10.3. The van der Waals surface area contributed by atoms with E-state index in [1.165, 1.54) is 0 Å². The molecule has 0 aromatic heterocycles.